The molecule has 1 aromatic carbocycles. The van der Waals surface area contributed by atoms with Crippen LogP contribution in [0.2, 0.25) is 0 Å². The van der Waals surface area contributed by atoms with Gasteiger partial charge in [0.05, 0.1) is 13.0 Å². The highest BCUT2D eigenvalue weighted by Gasteiger charge is 2.59. The lowest BCUT2D eigenvalue weighted by molar-refractivity contribution is -0.524. The maximum Gasteiger partial charge on any atom is 0.326 e. The molecule has 1 heterocycles. The molecule has 1 aliphatic heterocycles. The molecule has 0 aromatic heterocycles. The second-order valence-corrected chi connectivity index (χ2v) is 7.57. The molecule has 1 unspecified atom stereocenters. The summed E-state index contributed by atoms with van der Waals surface area (Å²) in [6.07, 6.45) is 4.55. The first-order valence-corrected chi connectivity index (χ1v) is 9.54. The number of rotatable bonds is 6. The molecule has 142 valence electrons. The minimum Gasteiger partial charge on any atom is -0.468 e. The molecule has 0 amide bonds. The van der Waals surface area contributed by atoms with Crippen LogP contribution in [0.3, 0.4) is 0 Å². The fourth-order valence-electron chi connectivity index (χ4n) is 5.21. The Bertz CT molecular complexity index is 644. The van der Waals surface area contributed by atoms with Crippen molar-refractivity contribution in [2.24, 2.45) is 5.92 Å². The smallest absolute Gasteiger partial charge is 0.326 e. The first-order valence-electron chi connectivity index (χ1n) is 9.54. The standard InChI is InChI=1S/C20H28N2O4/c1-15(22(24)25)18(16-9-4-3-5-10-16)17-11-8-12-20(17,19(23)26-2)21-13-6-7-14-21/h3-5,9-10,15,17-18H,6-8,11-14H2,1-2H3/t15?,17-,18-,20+/m0/s1. The Morgan fingerprint density at radius 1 is 1.27 bits per heavy atom. The van der Waals surface area contributed by atoms with Crippen LogP contribution in [0, 0.1) is 16.0 Å². The summed E-state index contributed by atoms with van der Waals surface area (Å²) in [6.45, 7) is 3.39. The molecule has 26 heavy (non-hydrogen) atoms. The number of carbonyl (C=O) groups is 1. The van der Waals surface area contributed by atoms with Gasteiger partial charge in [-0.25, -0.2) is 0 Å². The van der Waals surface area contributed by atoms with E-state index in [0.717, 1.165) is 50.8 Å². The Hall–Kier alpha value is -1.95. The molecule has 2 aliphatic rings. The SMILES string of the molecule is COC(=O)[C@@]1(N2CCCC2)CCC[C@H]1[C@H](c1ccccc1)C(C)[N+](=O)[O-]. The Balaban J connectivity index is 2.08. The van der Waals surface area contributed by atoms with Gasteiger partial charge in [-0.05, 0) is 44.3 Å². The number of nitrogens with zero attached hydrogens (tertiary/aromatic N) is 2. The Labute approximate surface area is 154 Å². The fraction of sp³-hybridized carbons (Fsp3) is 0.650. The van der Waals surface area contributed by atoms with E-state index in [0.29, 0.717) is 0 Å². The van der Waals surface area contributed by atoms with Gasteiger partial charge in [-0.15, -0.1) is 0 Å². The summed E-state index contributed by atoms with van der Waals surface area (Å²) in [7, 11) is 1.43. The highest BCUT2D eigenvalue weighted by Crippen LogP contribution is 2.50. The van der Waals surface area contributed by atoms with Crippen LogP contribution < -0.4 is 0 Å². The van der Waals surface area contributed by atoms with Gasteiger partial charge in [0.15, 0.2) is 0 Å². The molecule has 3 rings (SSSR count). The molecule has 1 aromatic rings. The lowest BCUT2D eigenvalue weighted by atomic mass is 9.71. The molecule has 4 atom stereocenters. The fourth-order valence-corrected chi connectivity index (χ4v) is 5.21. The normalized spacial score (nSPS) is 28.6. The van der Waals surface area contributed by atoms with E-state index in [4.69, 9.17) is 4.74 Å². The molecule has 6 heteroatoms. The van der Waals surface area contributed by atoms with Gasteiger partial charge in [0.25, 0.3) is 0 Å². The monoisotopic (exact) mass is 360 g/mol. The van der Waals surface area contributed by atoms with E-state index in [9.17, 15) is 14.9 Å². The molecule has 1 saturated heterocycles. The Morgan fingerprint density at radius 3 is 2.50 bits per heavy atom. The van der Waals surface area contributed by atoms with Crippen LogP contribution >= 0.6 is 0 Å². The second-order valence-electron chi connectivity index (χ2n) is 7.57. The number of carbonyl (C=O) groups excluding carboxylic acids is 1. The minimum absolute atomic E-state index is 0.115. The number of nitro groups is 1. The Morgan fingerprint density at radius 2 is 1.92 bits per heavy atom. The summed E-state index contributed by atoms with van der Waals surface area (Å²) in [5, 5.41) is 11.7. The van der Waals surface area contributed by atoms with E-state index in [1.54, 1.807) is 6.92 Å². The van der Waals surface area contributed by atoms with Crippen molar-refractivity contribution in [3.63, 3.8) is 0 Å². The first-order chi connectivity index (χ1) is 12.5. The van der Waals surface area contributed by atoms with Crippen molar-refractivity contribution in [1.82, 2.24) is 4.90 Å². The van der Waals surface area contributed by atoms with Crippen LogP contribution in [0.4, 0.5) is 0 Å². The second kappa shape index (κ2) is 7.74. The van der Waals surface area contributed by atoms with Gasteiger partial charge < -0.3 is 4.74 Å². The number of ether oxygens (including phenoxy) is 1. The summed E-state index contributed by atoms with van der Waals surface area (Å²) in [5.74, 6) is -0.650. The lowest BCUT2D eigenvalue weighted by Gasteiger charge is -2.44. The van der Waals surface area contributed by atoms with Crippen molar-refractivity contribution in [3.8, 4) is 0 Å². The van der Waals surface area contributed by atoms with Gasteiger partial charge in [-0.1, -0.05) is 36.8 Å². The van der Waals surface area contributed by atoms with Gasteiger partial charge >= 0.3 is 5.97 Å². The van der Waals surface area contributed by atoms with Crippen molar-refractivity contribution in [1.29, 1.82) is 0 Å². The van der Waals surface area contributed by atoms with Crippen molar-refractivity contribution in [3.05, 3.63) is 46.0 Å². The summed E-state index contributed by atoms with van der Waals surface area (Å²) in [4.78, 5) is 26.8. The van der Waals surface area contributed by atoms with Crippen molar-refractivity contribution < 1.29 is 14.5 Å². The van der Waals surface area contributed by atoms with Crippen LogP contribution in [0.25, 0.3) is 0 Å². The number of methoxy groups -OCH3 is 1. The largest absolute Gasteiger partial charge is 0.468 e. The highest BCUT2D eigenvalue weighted by molar-refractivity contribution is 5.82. The van der Waals surface area contributed by atoms with E-state index in [1.165, 1.54) is 7.11 Å². The van der Waals surface area contributed by atoms with Crippen LogP contribution in [0.15, 0.2) is 30.3 Å². The van der Waals surface area contributed by atoms with Crippen molar-refractivity contribution >= 4 is 5.97 Å². The Kier molecular flexibility index (Phi) is 5.61. The minimum atomic E-state index is -0.757. The van der Waals surface area contributed by atoms with E-state index < -0.39 is 11.6 Å². The van der Waals surface area contributed by atoms with E-state index in [1.807, 2.05) is 30.3 Å². The number of esters is 1. The predicted octanol–water partition coefficient (Wildman–Crippen LogP) is 3.24. The van der Waals surface area contributed by atoms with Gasteiger partial charge in [-0.2, -0.15) is 0 Å². The molecule has 6 nitrogen and oxygen atoms in total. The van der Waals surface area contributed by atoms with Crippen LogP contribution in [0.1, 0.15) is 50.5 Å². The predicted molar refractivity (Wildman–Crippen MR) is 98.5 cm³/mol. The first kappa shape index (κ1) is 18.8. The average Bonchev–Trinajstić information content (AvgIpc) is 3.32. The molecule has 1 saturated carbocycles. The zero-order valence-electron chi connectivity index (χ0n) is 15.6. The van der Waals surface area contributed by atoms with Crippen LogP contribution in [0.5, 0.6) is 0 Å². The molecule has 0 radical (unpaired) electrons. The van der Waals surface area contributed by atoms with Crippen LogP contribution in [-0.2, 0) is 9.53 Å². The van der Waals surface area contributed by atoms with E-state index in [-0.39, 0.29) is 22.7 Å². The number of hydrogen-bond acceptors (Lipinski definition) is 5. The molecule has 0 N–H and O–H groups in total. The van der Waals surface area contributed by atoms with E-state index >= 15 is 0 Å². The van der Waals surface area contributed by atoms with Gasteiger partial charge in [0, 0.05) is 17.8 Å². The van der Waals surface area contributed by atoms with Gasteiger partial charge in [0.1, 0.15) is 5.54 Å². The molecular formula is C20H28N2O4. The highest BCUT2D eigenvalue weighted by atomic mass is 16.6. The molecule has 0 spiro atoms. The van der Waals surface area contributed by atoms with Crippen LogP contribution in [-0.4, -0.2) is 47.6 Å². The number of likely N-dealkylation sites (tertiary alicyclic amines) is 1. The quantitative estimate of drug-likeness (QED) is 0.442. The molecular weight excluding hydrogens is 332 g/mol. The third kappa shape index (κ3) is 3.11. The summed E-state index contributed by atoms with van der Waals surface area (Å²) in [5.41, 5.74) is 0.201. The van der Waals surface area contributed by atoms with Gasteiger partial charge in [0.2, 0.25) is 6.04 Å². The maximum absolute atomic E-state index is 13.0. The third-order valence-corrected chi connectivity index (χ3v) is 6.37. The maximum atomic E-state index is 13.0. The molecule has 2 fully saturated rings. The lowest BCUT2D eigenvalue weighted by Crippen LogP contribution is -2.59. The molecule has 1 aliphatic carbocycles. The third-order valence-electron chi connectivity index (χ3n) is 6.37. The van der Waals surface area contributed by atoms with E-state index in [2.05, 4.69) is 4.90 Å². The summed E-state index contributed by atoms with van der Waals surface area (Å²) in [6, 6.07) is 8.90. The van der Waals surface area contributed by atoms with Crippen molar-refractivity contribution in [2.75, 3.05) is 20.2 Å². The molecule has 0 bridgehead atoms. The number of hydrogen-bond donors (Lipinski definition) is 0. The zero-order valence-corrected chi connectivity index (χ0v) is 15.6. The van der Waals surface area contributed by atoms with Gasteiger partial charge in [-0.3, -0.25) is 19.8 Å². The summed E-state index contributed by atoms with van der Waals surface area (Å²) >= 11 is 0. The van der Waals surface area contributed by atoms with Crippen molar-refractivity contribution in [2.45, 2.75) is 56.5 Å². The average molecular weight is 360 g/mol. The summed E-state index contributed by atoms with van der Waals surface area (Å²) < 4.78 is 5.26. The topological polar surface area (TPSA) is 72.7 Å². The number of benzene rings is 1. The zero-order chi connectivity index (χ0) is 18.7.